The van der Waals surface area contributed by atoms with Crippen molar-refractivity contribution in [3.05, 3.63) is 33.3 Å². The zero-order valence-electron chi connectivity index (χ0n) is 12.8. The molecular formula is C17H25BrClNO. The molecule has 1 N–H and O–H groups in total. The Balaban J connectivity index is 2.09. The van der Waals surface area contributed by atoms with Crippen molar-refractivity contribution < 1.29 is 4.79 Å². The molecule has 0 aliphatic heterocycles. The predicted octanol–water partition coefficient (Wildman–Crippen LogP) is 5.97. The van der Waals surface area contributed by atoms with Crippen LogP contribution in [0.15, 0.2) is 22.7 Å². The molecule has 0 spiro atoms. The van der Waals surface area contributed by atoms with Crippen LogP contribution in [-0.4, -0.2) is 12.5 Å². The lowest BCUT2D eigenvalue weighted by Crippen LogP contribution is -2.24. The largest absolute Gasteiger partial charge is 0.352 e. The van der Waals surface area contributed by atoms with Gasteiger partial charge in [-0.05, 0) is 40.5 Å². The summed E-state index contributed by atoms with van der Waals surface area (Å²) >= 11 is 9.24. The summed E-state index contributed by atoms with van der Waals surface area (Å²) in [5.74, 6) is -0.0321. The van der Waals surface area contributed by atoms with Gasteiger partial charge in [-0.15, -0.1) is 0 Å². The normalized spacial score (nSPS) is 10.6. The van der Waals surface area contributed by atoms with Gasteiger partial charge < -0.3 is 5.32 Å². The second kappa shape index (κ2) is 11.1. The zero-order valence-corrected chi connectivity index (χ0v) is 15.1. The van der Waals surface area contributed by atoms with Crippen molar-refractivity contribution in [3.8, 4) is 0 Å². The Kier molecular flexibility index (Phi) is 9.77. The Bertz CT molecular complexity index is 437. The number of unbranched alkanes of at least 4 members (excludes halogenated alkanes) is 7. The van der Waals surface area contributed by atoms with E-state index in [4.69, 9.17) is 11.6 Å². The molecule has 0 unspecified atom stereocenters. The average molecular weight is 375 g/mol. The maximum absolute atomic E-state index is 11.9. The molecule has 0 saturated carbocycles. The van der Waals surface area contributed by atoms with Crippen LogP contribution < -0.4 is 5.32 Å². The molecule has 4 heteroatoms. The number of carbonyl (C=O) groups excluding carboxylic acids is 1. The van der Waals surface area contributed by atoms with E-state index in [-0.39, 0.29) is 5.91 Å². The smallest absolute Gasteiger partial charge is 0.251 e. The molecule has 0 bridgehead atoms. The summed E-state index contributed by atoms with van der Waals surface area (Å²) in [5, 5.41) is 3.57. The standard InChI is InChI=1S/C17H25BrClNO/c1-2-3-4-5-6-7-8-9-12-20-17(21)14-10-11-16(19)15(18)13-14/h10-11,13H,2-9,12H2,1H3,(H,20,21). The van der Waals surface area contributed by atoms with Crippen molar-refractivity contribution in [2.75, 3.05) is 6.54 Å². The molecule has 0 aliphatic rings. The van der Waals surface area contributed by atoms with E-state index in [1.807, 2.05) is 0 Å². The second-order valence-corrected chi connectivity index (χ2v) is 6.62. The minimum Gasteiger partial charge on any atom is -0.352 e. The number of hydrogen-bond acceptors (Lipinski definition) is 1. The molecule has 0 aliphatic carbocycles. The minimum absolute atomic E-state index is 0.0321. The Morgan fingerprint density at radius 1 is 1.10 bits per heavy atom. The topological polar surface area (TPSA) is 29.1 Å². The number of benzene rings is 1. The summed E-state index contributed by atoms with van der Waals surface area (Å²) < 4.78 is 0.754. The summed E-state index contributed by atoms with van der Waals surface area (Å²) in [6.07, 6.45) is 10.2. The molecule has 0 saturated heterocycles. The number of rotatable bonds is 10. The van der Waals surface area contributed by atoms with Gasteiger partial charge in [0.25, 0.3) is 5.91 Å². The molecule has 1 aromatic carbocycles. The molecule has 2 nitrogen and oxygen atoms in total. The highest BCUT2D eigenvalue weighted by Gasteiger charge is 2.06. The highest BCUT2D eigenvalue weighted by Crippen LogP contribution is 2.23. The Hall–Kier alpha value is -0.540. The highest BCUT2D eigenvalue weighted by atomic mass is 79.9. The van der Waals surface area contributed by atoms with Crippen LogP contribution >= 0.6 is 27.5 Å². The molecule has 0 radical (unpaired) electrons. The number of halogens is 2. The van der Waals surface area contributed by atoms with Gasteiger partial charge in [0.05, 0.1) is 5.02 Å². The molecule has 118 valence electrons. The van der Waals surface area contributed by atoms with E-state index in [0.717, 1.165) is 17.4 Å². The van der Waals surface area contributed by atoms with Gasteiger partial charge in [0, 0.05) is 16.6 Å². The van der Waals surface area contributed by atoms with E-state index < -0.39 is 0 Å². The first-order valence-electron chi connectivity index (χ1n) is 7.88. The molecule has 1 aromatic rings. The zero-order chi connectivity index (χ0) is 15.5. The first-order valence-corrected chi connectivity index (χ1v) is 9.05. The third-order valence-electron chi connectivity index (χ3n) is 3.50. The van der Waals surface area contributed by atoms with Crippen molar-refractivity contribution in [1.29, 1.82) is 0 Å². The Labute approximate surface area is 141 Å². The molecule has 0 fully saturated rings. The van der Waals surface area contributed by atoms with Gasteiger partial charge in [-0.1, -0.05) is 63.5 Å². The maximum Gasteiger partial charge on any atom is 0.251 e. The van der Waals surface area contributed by atoms with E-state index in [0.29, 0.717) is 10.6 Å². The molecule has 0 aromatic heterocycles. The third-order valence-corrected chi connectivity index (χ3v) is 4.71. The lowest BCUT2D eigenvalue weighted by molar-refractivity contribution is 0.0953. The Morgan fingerprint density at radius 3 is 2.33 bits per heavy atom. The van der Waals surface area contributed by atoms with E-state index in [2.05, 4.69) is 28.2 Å². The fraction of sp³-hybridized carbons (Fsp3) is 0.588. The summed E-state index contributed by atoms with van der Waals surface area (Å²) in [4.78, 5) is 11.9. The van der Waals surface area contributed by atoms with Crippen molar-refractivity contribution >= 4 is 33.4 Å². The molecule has 0 heterocycles. The summed E-state index contributed by atoms with van der Waals surface area (Å²) in [5.41, 5.74) is 0.644. The van der Waals surface area contributed by atoms with E-state index in [1.165, 1.54) is 44.9 Å². The van der Waals surface area contributed by atoms with Crippen molar-refractivity contribution in [3.63, 3.8) is 0 Å². The maximum atomic E-state index is 11.9. The quantitative estimate of drug-likeness (QED) is 0.502. The van der Waals surface area contributed by atoms with Gasteiger partial charge in [0.1, 0.15) is 0 Å². The molecule has 0 atom stereocenters. The molecule has 21 heavy (non-hydrogen) atoms. The lowest BCUT2D eigenvalue weighted by Gasteiger charge is -2.06. The third kappa shape index (κ3) is 7.87. The summed E-state index contributed by atoms with van der Waals surface area (Å²) in [7, 11) is 0. The van der Waals surface area contributed by atoms with Crippen LogP contribution in [0.4, 0.5) is 0 Å². The number of hydrogen-bond donors (Lipinski definition) is 1. The second-order valence-electron chi connectivity index (χ2n) is 5.36. The summed E-state index contributed by atoms with van der Waals surface area (Å²) in [6.45, 7) is 2.98. The van der Waals surface area contributed by atoms with Gasteiger partial charge in [-0.25, -0.2) is 0 Å². The van der Waals surface area contributed by atoms with Gasteiger partial charge in [0.2, 0.25) is 0 Å². The first kappa shape index (κ1) is 18.5. The van der Waals surface area contributed by atoms with Crippen molar-refractivity contribution in [1.82, 2.24) is 5.32 Å². The number of nitrogens with one attached hydrogen (secondary N) is 1. The molecule has 1 rings (SSSR count). The van der Waals surface area contributed by atoms with Crippen LogP contribution in [0, 0.1) is 0 Å². The van der Waals surface area contributed by atoms with Crippen LogP contribution in [0.25, 0.3) is 0 Å². The van der Waals surface area contributed by atoms with Crippen LogP contribution in [0.5, 0.6) is 0 Å². The minimum atomic E-state index is -0.0321. The van der Waals surface area contributed by atoms with Crippen molar-refractivity contribution in [2.24, 2.45) is 0 Å². The lowest BCUT2D eigenvalue weighted by atomic mass is 10.1. The first-order chi connectivity index (χ1) is 10.1. The van der Waals surface area contributed by atoms with E-state index in [9.17, 15) is 4.79 Å². The van der Waals surface area contributed by atoms with E-state index in [1.54, 1.807) is 18.2 Å². The highest BCUT2D eigenvalue weighted by molar-refractivity contribution is 9.10. The molecular weight excluding hydrogens is 350 g/mol. The Morgan fingerprint density at radius 2 is 1.71 bits per heavy atom. The van der Waals surface area contributed by atoms with E-state index >= 15 is 0 Å². The predicted molar refractivity (Wildman–Crippen MR) is 94.1 cm³/mol. The SMILES string of the molecule is CCCCCCCCCCNC(=O)c1ccc(Cl)c(Br)c1. The van der Waals surface area contributed by atoms with Crippen molar-refractivity contribution in [2.45, 2.75) is 58.3 Å². The van der Waals surface area contributed by atoms with Gasteiger partial charge >= 0.3 is 0 Å². The van der Waals surface area contributed by atoms with Crippen LogP contribution in [0.1, 0.15) is 68.6 Å². The fourth-order valence-electron chi connectivity index (χ4n) is 2.20. The average Bonchev–Trinajstić information content (AvgIpc) is 2.48. The monoisotopic (exact) mass is 373 g/mol. The number of amides is 1. The van der Waals surface area contributed by atoms with Crippen LogP contribution in [-0.2, 0) is 0 Å². The van der Waals surface area contributed by atoms with Gasteiger partial charge in [-0.2, -0.15) is 0 Å². The molecule has 1 amide bonds. The fourth-order valence-corrected chi connectivity index (χ4v) is 2.70. The van der Waals surface area contributed by atoms with Gasteiger partial charge in [0.15, 0.2) is 0 Å². The van der Waals surface area contributed by atoms with Crippen LogP contribution in [0.2, 0.25) is 5.02 Å². The summed E-state index contributed by atoms with van der Waals surface area (Å²) in [6, 6.07) is 5.23. The van der Waals surface area contributed by atoms with Gasteiger partial charge in [-0.3, -0.25) is 4.79 Å². The number of carbonyl (C=O) groups is 1. The van der Waals surface area contributed by atoms with Crippen LogP contribution in [0.3, 0.4) is 0 Å².